The third-order valence-electron chi connectivity index (χ3n) is 1.61. The Morgan fingerprint density at radius 2 is 2.46 bits per heavy atom. The minimum absolute atomic E-state index is 0.103. The fourth-order valence-corrected chi connectivity index (χ4v) is 1.47. The fraction of sp³-hybridized carbons (Fsp3) is 0.625. The summed E-state index contributed by atoms with van der Waals surface area (Å²) in [6.45, 7) is 2.81. The Kier molecular flexibility index (Phi) is 3.95. The number of Topliss-reactive ketones (excluding diaryl/α,β-unsaturated/α-hetero) is 1. The Hall–Kier alpha value is -0.840. The van der Waals surface area contributed by atoms with E-state index in [1.165, 1.54) is 18.0 Å². The van der Waals surface area contributed by atoms with E-state index < -0.39 is 0 Å². The van der Waals surface area contributed by atoms with Gasteiger partial charge in [0, 0.05) is 6.54 Å². The highest BCUT2D eigenvalue weighted by molar-refractivity contribution is 7.99. The van der Waals surface area contributed by atoms with Crippen molar-refractivity contribution in [1.29, 1.82) is 0 Å². The first-order valence-corrected chi connectivity index (χ1v) is 5.59. The van der Waals surface area contributed by atoms with Crippen LogP contribution in [0.4, 0.5) is 0 Å². The van der Waals surface area contributed by atoms with E-state index >= 15 is 0 Å². The van der Waals surface area contributed by atoms with Crippen molar-refractivity contribution in [3.63, 3.8) is 0 Å². The summed E-state index contributed by atoms with van der Waals surface area (Å²) in [7, 11) is 0. The molecule has 0 radical (unpaired) electrons. The lowest BCUT2D eigenvalue weighted by Crippen LogP contribution is -2.12. The number of rotatable bonds is 5. The zero-order valence-electron chi connectivity index (χ0n) is 7.86. The molecule has 0 aliphatic rings. The van der Waals surface area contributed by atoms with Crippen molar-refractivity contribution in [2.75, 3.05) is 12.0 Å². The second-order valence-corrected chi connectivity index (χ2v) is 3.56. The van der Waals surface area contributed by atoms with Crippen molar-refractivity contribution >= 4 is 17.5 Å². The van der Waals surface area contributed by atoms with Gasteiger partial charge in [0.2, 0.25) is 0 Å². The molecule has 0 N–H and O–H groups in total. The average molecular weight is 199 g/mol. The van der Waals surface area contributed by atoms with Crippen LogP contribution in [0.25, 0.3) is 0 Å². The molecule has 0 saturated carbocycles. The van der Waals surface area contributed by atoms with Crippen molar-refractivity contribution in [2.45, 2.75) is 19.9 Å². The third-order valence-corrected chi connectivity index (χ3v) is 2.17. The number of ketones is 1. The van der Waals surface area contributed by atoms with Crippen LogP contribution in [0.2, 0.25) is 0 Å². The van der Waals surface area contributed by atoms with E-state index in [-0.39, 0.29) is 5.78 Å². The molecule has 0 saturated heterocycles. The molecule has 72 valence electrons. The van der Waals surface area contributed by atoms with Crippen LogP contribution in [0.15, 0.2) is 6.20 Å². The quantitative estimate of drug-likeness (QED) is 0.669. The number of carbonyl (C=O) groups excluding carboxylic acids is 1. The summed E-state index contributed by atoms with van der Waals surface area (Å²) < 4.78 is 1.67. The lowest BCUT2D eigenvalue weighted by atomic mass is 10.3. The van der Waals surface area contributed by atoms with Crippen LogP contribution in [0, 0.1) is 0 Å². The molecule has 0 aromatic carbocycles. The second kappa shape index (κ2) is 5.01. The number of aryl methyl sites for hydroxylation is 1. The molecule has 0 spiro atoms. The highest BCUT2D eigenvalue weighted by atomic mass is 32.2. The number of aromatic nitrogens is 3. The zero-order valence-corrected chi connectivity index (χ0v) is 8.67. The Balaban J connectivity index is 2.74. The average Bonchev–Trinajstić information content (AvgIpc) is 2.54. The standard InChI is InChI=1S/C8H13N3OS/c1-3-4-11-7(5-9-10-11)8(12)6-13-2/h5H,3-4,6H2,1-2H3. The van der Waals surface area contributed by atoms with Gasteiger partial charge in [0.25, 0.3) is 0 Å². The number of nitrogens with zero attached hydrogens (tertiary/aromatic N) is 3. The molecule has 0 unspecified atom stereocenters. The molecule has 1 heterocycles. The maximum atomic E-state index is 11.5. The van der Waals surface area contributed by atoms with Crippen LogP contribution in [0.1, 0.15) is 23.8 Å². The van der Waals surface area contributed by atoms with Crippen LogP contribution in [-0.4, -0.2) is 32.8 Å². The highest BCUT2D eigenvalue weighted by Crippen LogP contribution is 2.03. The van der Waals surface area contributed by atoms with E-state index in [1.54, 1.807) is 4.68 Å². The normalized spacial score (nSPS) is 10.3. The summed E-state index contributed by atoms with van der Waals surface area (Å²) in [6.07, 6.45) is 4.41. The van der Waals surface area contributed by atoms with Crippen molar-refractivity contribution in [2.24, 2.45) is 0 Å². The molecule has 4 nitrogen and oxygen atoms in total. The van der Waals surface area contributed by atoms with Crippen molar-refractivity contribution < 1.29 is 4.79 Å². The molecule has 1 aromatic heterocycles. The summed E-state index contributed by atoms with van der Waals surface area (Å²) >= 11 is 1.52. The van der Waals surface area contributed by atoms with Crippen LogP contribution in [0.5, 0.6) is 0 Å². The SMILES string of the molecule is CCCn1nncc1C(=O)CSC. The molecule has 13 heavy (non-hydrogen) atoms. The first kappa shape index (κ1) is 10.2. The minimum atomic E-state index is 0.103. The summed E-state index contributed by atoms with van der Waals surface area (Å²) in [6, 6.07) is 0. The molecule has 0 amide bonds. The lowest BCUT2D eigenvalue weighted by Gasteiger charge is -2.01. The molecular formula is C8H13N3OS. The smallest absolute Gasteiger partial charge is 0.192 e. The number of hydrogen-bond acceptors (Lipinski definition) is 4. The molecule has 0 aliphatic heterocycles. The van der Waals surface area contributed by atoms with E-state index in [0.29, 0.717) is 11.4 Å². The van der Waals surface area contributed by atoms with Gasteiger partial charge in [-0.15, -0.1) is 5.10 Å². The van der Waals surface area contributed by atoms with E-state index in [2.05, 4.69) is 10.3 Å². The van der Waals surface area contributed by atoms with Crippen molar-refractivity contribution in [3.05, 3.63) is 11.9 Å². The predicted molar refractivity (Wildman–Crippen MR) is 53.0 cm³/mol. The van der Waals surface area contributed by atoms with E-state index in [1.807, 2.05) is 13.2 Å². The van der Waals surface area contributed by atoms with Crippen LogP contribution in [0.3, 0.4) is 0 Å². The maximum Gasteiger partial charge on any atom is 0.192 e. The van der Waals surface area contributed by atoms with E-state index in [0.717, 1.165) is 13.0 Å². The summed E-state index contributed by atoms with van der Waals surface area (Å²) in [4.78, 5) is 11.5. The van der Waals surface area contributed by atoms with Gasteiger partial charge in [-0.1, -0.05) is 12.1 Å². The third kappa shape index (κ3) is 2.55. The van der Waals surface area contributed by atoms with Crippen LogP contribution in [-0.2, 0) is 6.54 Å². The Bertz CT molecular complexity index is 285. The van der Waals surface area contributed by atoms with E-state index in [4.69, 9.17) is 0 Å². The summed E-state index contributed by atoms with van der Waals surface area (Å²) in [5.74, 6) is 0.600. The molecule has 1 aromatic rings. The van der Waals surface area contributed by atoms with Crippen LogP contribution < -0.4 is 0 Å². The van der Waals surface area contributed by atoms with Crippen LogP contribution >= 0.6 is 11.8 Å². The molecule has 0 aliphatic carbocycles. The first-order valence-electron chi connectivity index (χ1n) is 4.20. The van der Waals surface area contributed by atoms with Gasteiger partial charge in [0.05, 0.1) is 11.9 Å². The summed E-state index contributed by atoms with van der Waals surface area (Å²) in [5.41, 5.74) is 0.621. The van der Waals surface area contributed by atoms with Gasteiger partial charge < -0.3 is 0 Å². The predicted octanol–water partition coefficient (Wildman–Crippen LogP) is 1.23. The molecular weight excluding hydrogens is 186 g/mol. The molecule has 0 atom stereocenters. The van der Waals surface area contributed by atoms with Crippen molar-refractivity contribution in [3.8, 4) is 0 Å². The largest absolute Gasteiger partial charge is 0.291 e. The second-order valence-electron chi connectivity index (χ2n) is 2.70. The van der Waals surface area contributed by atoms with Gasteiger partial charge >= 0.3 is 0 Å². The van der Waals surface area contributed by atoms with Gasteiger partial charge in [0.1, 0.15) is 5.69 Å². The topological polar surface area (TPSA) is 47.8 Å². The molecule has 0 bridgehead atoms. The Labute approximate surface area is 81.7 Å². The van der Waals surface area contributed by atoms with Gasteiger partial charge in [-0.2, -0.15) is 11.8 Å². The van der Waals surface area contributed by atoms with Crippen molar-refractivity contribution in [1.82, 2.24) is 15.0 Å². The van der Waals surface area contributed by atoms with Gasteiger partial charge in [-0.3, -0.25) is 4.79 Å². The number of thioether (sulfide) groups is 1. The lowest BCUT2D eigenvalue weighted by molar-refractivity contribution is 0.101. The molecule has 0 fully saturated rings. The van der Waals surface area contributed by atoms with Gasteiger partial charge in [0.15, 0.2) is 5.78 Å². The zero-order chi connectivity index (χ0) is 9.68. The monoisotopic (exact) mass is 199 g/mol. The molecule has 1 rings (SSSR count). The van der Waals surface area contributed by atoms with Gasteiger partial charge in [-0.05, 0) is 12.7 Å². The summed E-state index contributed by atoms with van der Waals surface area (Å²) in [5, 5.41) is 7.57. The van der Waals surface area contributed by atoms with Gasteiger partial charge in [-0.25, -0.2) is 4.68 Å². The first-order chi connectivity index (χ1) is 6.29. The Morgan fingerprint density at radius 3 is 3.08 bits per heavy atom. The molecule has 5 heteroatoms. The Morgan fingerprint density at radius 1 is 1.69 bits per heavy atom. The highest BCUT2D eigenvalue weighted by Gasteiger charge is 2.11. The minimum Gasteiger partial charge on any atom is -0.291 e. The number of hydrogen-bond donors (Lipinski definition) is 0. The number of carbonyl (C=O) groups is 1. The van der Waals surface area contributed by atoms with E-state index in [9.17, 15) is 4.79 Å². The fourth-order valence-electron chi connectivity index (χ4n) is 1.06. The maximum absolute atomic E-state index is 11.5.